The number of hydrogen-bond acceptors (Lipinski definition) is 5. The molecule has 2 aliphatic heterocycles. The molecule has 5 nitrogen and oxygen atoms in total. The van der Waals surface area contributed by atoms with Gasteiger partial charge in [-0.1, -0.05) is 12.1 Å². The van der Waals surface area contributed by atoms with E-state index in [4.69, 9.17) is 4.74 Å². The molecule has 2 heterocycles. The maximum absolute atomic E-state index is 11.3. The Morgan fingerprint density at radius 3 is 2.46 bits per heavy atom. The maximum atomic E-state index is 11.3. The third kappa shape index (κ3) is 4.90. The van der Waals surface area contributed by atoms with Gasteiger partial charge < -0.3 is 14.8 Å². The van der Waals surface area contributed by atoms with Crippen LogP contribution in [0.25, 0.3) is 0 Å². The van der Waals surface area contributed by atoms with Gasteiger partial charge in [0.25, 0.3) is 0 Å². The molecule has 0 atom stereocenters. The zero-order valence-electron chi connectivity index (χ0n) is 16.1. The second kappa shape index (κ2) is 9.07. The number of hydrogen-bond donors (Lipinski definition) is 1. The van der Waals surface area contributed by atoms with Crippen LogP contribution in [0.3, 0.4) is 0 Å². The molecule has 3 rings (SSSR count). The Hall–Kier alpha value is -1.30. The van der Waals surface area contributed by atoms with Crippen molar-refractivity contribution in [3.05, 3.63) is 28.8 Å². The van der Waals surface area contributed by atoms with Crippen molar-refractivity contribution < 1.29 is 14.3 Å². The van der Waals surface area contributed by atoms with E-state index in [1.807, 2.05) is 13.8 Å². The minimum Gasteiger partial charge on any atom is -0.481 e. The van der Waals surface area contributed by atoms with Gasteiger partial charge in [0.15, 0.2) is 6.61 Å². The van der Waals surface area contributed by atoms with Crippen molar-refractivity contribution in [1.82, 2.24) is 10.2 Å². The predicted octanol–water partition coefficient (Wildman–Crippen LogP) is 2.85. The van der Waals surface area contributed by atoms with Crippen LogP contribution in [0, 0.1) is 19.3 Å². The van der Waals surface area contributed by atoms with Crippen LogP contribution in [-0.4, -0.2) is 50.8 Å². The van der Waals surface area contributed by atoms with Crippen LogP contribution in [0.2, 0.25) is 0 Å². The van der Waals surface area contributed by atoms with E-state index < -0.39 is 0 Å². The molecule has 0 saturated carbocycles. The highest BCUT2D eigenvalue weighted by atomic mass is 35.5. The van der Waals surface area contributed by atoms with Crippen molar-refractivity contribution in [2.45, 2.75) is 39.7 Å². The Kier molecular flexibility index (Phi) is 7.33. The normalized spacial score (nSPS) is 19.2. The highest BCUT2D eigenvalue weighted by molar-refractivity contribution is 5.85. The fraction of sp³-hybridized carbons (Fsp3) is 0.650. The third-order valence-corrected chi connectivity index (χ3v) is 5.67. The number of rotatable bonds is 5. The van der Waals surface area contributed by atoms with Crippen LogP contribution in [-0.2, 0) is 16.1 Å². The molecule has 1 N–H and O–H groups in total. The second-order valence-corrected chi connectivity index (χ2v) is 7.63. The lowest BCUT2D eigenvalue weighted by Crippen LogP contribution is -2.38. The van der Waals surface area contributed by atoms with Gasteiger partial charge in [-0.15, -0.1) is 12.4 Å². The molecule has 1 spiro atoms. The van der Waals surface area contributed by atoms with Gasteiger partial charge in [-0.05, 0) is 74.8 Å². The Labute approximate surface area is 162 Å². The molecule has 6 heteroatoms. The Balaban J connectivity index is 0.00000243. The number of piperidine rings is 1. The highest BCUT2D eigenvalue weighted by Gasteiger charge is 2.38. The molecular weight excluding hydrogens is 352 g/mol. The number of likely N-dealkylation sites (tertiary alicyclic amines) is 1. The number of methoxy groups -OCH3 is 1. The molecule has 146 valence electrons. The van der Waals surface area contributed by atoms with E-state index in [-0.39, 0.29) is 25.0 Å². The van der Waals surface area contributed by atoms with Gasteiger partial charge >= 0.3 is 5.97 Å². The lowest BCUT2D eigenvalue weighted by Gasteiger charge is -2.34. The average molecular weight is 383 g/mol. The van der Waals surface area contributed by atoms with Crippen LogP contribution in [0.1, 0.15) is 36.0 Å². The van der Waals surface area contributed by atoms with Crippen LogP contribution >= 0.6 is 12.4 Å². The summed E-state index contributed by atoms with van der Waals surface area (Å²) in [7, 11) is 1.37. The van der Waals surface area contributed by atoms with Gasteiger partial charge in [0.2, 0.25) is 0 Å². The summed E-state index contributed by atoms with van der Waals surface area (Å²) in [4.78, 5) is 13.9. The molecule has 26 heavy (non-hydrogen) atoms. The van der Waals surface area contributed by atoms with Crippen molar-refractivity contribution in [2.75, 3.05) is 39.9 Å². The van der Waals surface area contributed by atoms with E-state index in [1.54, 1.807) is 0 Å². The minimum atomic E-state index is -0.354. The van der Waals surface area contributed by atoms with Crippen molar-refractivity contribution in [3.63, 3.8) is 0 Å². The molecule has 1 aromatic carbocycles. The number of ether oxygens (including phenoxy) is 2. The molecule has 0 bridgehead atoms. The largest absolute Gasteiger partial charge is 0.481 e. The van der Waals surface area contributed by atoms with E-state index in [2.05, 4.69) is 27.1 Å². The summed E-state index contributed by atoms with van der Waals surface area (Å²) in [6.45, 7) is 9.78. The quantitative estimate of drug-likeness (QED) is 0.793. The average Bonchev–Trinajstić information content (AvgIpc) is 2.96. The van der Waals surface area contributed by atoms with Crippen molar-refractivity contribution >= 4 is 18.4 Å². The highest BCUT2D eigenvalue weighted by Crippen LogP contribution is 2.39. The lowest BCUT2D eigenvalue weighted by atomic mass is 9.78. The van der Waals surface area contributed by atoms with Gasteiger partial charge in [0.1, 0.15) is 5.75 Å². The molecule has 0 amide bonds. The number of aryl methyl sites for hydroxylation is 2. The van der Waals surface area contributed by atoms with E-state index in [0.29, 0.717) is 5.41 Å². The topological polar surface area (TPSA) is 50.8 Å². The lowest BCUT2D eigenvalue weighted by molar-refractivity contribution is -0.142. The molecular formula is C20H31ClN2O3. The predicted molar refractivity (Wildman–Crippen MR) is 105 cm³/mol. The Bertz CT molecular complexity index is 606. The first kappa shape index (κ1) is 21.0. The zero-order chi connectivity index (χ0) is 17.9. The van der Waals surface area contributed by atoms with Gasteiger partial charge in [-0.2, -0.15) is 0 Å². The number of esters is 1. The Morgan fingerprint density at radius 1 is 1.19 bits per heavy atom. The Morgan fingerprint density at radius 2 is 1.85 bits per heavy atom. The first-order valence-electron chi connectivity index (χ1n) is 9.24. The summed E-state index contributed by atoms with van der Waals surface area (Å²) in [6, 6.07) is 4.38. The third-order valence-electron chi connectivity index (χ3n) is 5.67. The standard InChI is InChI=1S/C20H30N2O3.ClH/c1-15-10-17(11-16(2)19(15)25-13-18(23)24-3)12-22-9-6-20(14-22)4-7-21-8-5-20;/h10-11,21H,4-9,12-14H2,1-3H3;1H. The number of nitrogens with one attached hydrogen (secondary N) is 1. The summed E-state index contributed by atoms with van der Waals surface area (Å²) in [6.07, 6.45) is 3.94. The van der Waals surface area contributed by atoms with E-state index in [1.165, 1.54) is 45.0 Å². The number of carbonyl (C=O) groups excluding carboxylic acids is 1. The number of halogens is 1. The summed E-state index contributed by atoms with van der Waals surface area (Å²) < 4.78 is 10.3. The van der Waals surface area contributed by atoms with Crippen molar-refractivity contribution in [2.24, 2.45) is 5.41 Å². The summed E-state index contributed by atoms with van der Waals surface area (Å²) in [5, 5.41) is 3.48. The first-order valence-corrected chi connectivity index (χ1v) is 9.24. The zero-order valence-corrected chi connectivity index (χ0v) is 16.9. The summed E-state index contributed by atoms with van der Waals surface area (Å²) in [5.74, 6) is 0.442. The molecule has 0 aromatic heterocycles. The fourth-order valence-electron chi connectivity index (χ4n) is 4.34. The van der Waals surface area contributed by atoms with Crippen LogP contribution in [0.15, 0.2) is 12.1 Å². The van der Waals surface area contributed by atoms with Gasteiger partial charge in [0.05, 0.1) is 7.11 Å². The molecule has 2 aliphatic rings. The summed E-state index contributed by atoms with van der Waals surface area (Å²) in [5.41, 5.74) is 4.02. The molecule has 0 radical (unpaired) electrons. The maximum Gasteiger partial charge on any atom is 0.343 e. The van der Waals surface area contributed by atoms with Gasteiger partial charge in [-0.25, -0.2) is 4.79 Å². The first-order chi connectivity index (χ1) is 12.0. The number of benzene rings is 1. The van der Waals surface area contributed by atoms with Gasteiger partial charge in [-0.3, -0.25) is 4.90 Å². The van der Waals surface area contributed by atoms with Gasteiger partial charge in [0, 0.05) is 13.1 Å². The summed E-state index contributed by atoms with van der Waals surface area (Å²) >= 11 is 0. The molecule has 0 unspecified atom stereocenters. The number of nitrogens with zero attached hydrogens (tertiary/aromatic N) is 1. The van der Waals surface area contributed by atoms with Crippen LogP contribution in [0.5, 0.6) is 5.75 Å². The second-order valence-electron chi connectivity index (χ2n) is 7.63. The molecule has 2 fully saturated rings. The van der Waals surface area contributed by atoms with Crippen molar-refractivity contribution in [3.8, 4) is 5.75 Å². The van der Waals surface area contributed by atoms with Crippen LogP contribution in [0.4, 0.5) is 0 Å². The van der Waals surface area contributed by atoms with E-state index in [9.17, 15) is 4.79 Å². The van der Waals surface area contributed by atoms with Crippen LogP contribution < -0.4 is 10.1 Å². The molecule has 2 saturated heterocycles. The molecule has 1 aromatic rings. The SMILES string of the molecule is COC(=O)COc1c(C)cc(CN2CCC3(CCNCC3)C2)cc1C.Cl. The minimum absolute atomic E-state index is 0. The van der Waals surface area contributed by atoms with Crippen molar-refractivity contribution in [1.29, 1.82) is 0 Å². The molecule has 0 aliphatic carbocycles. The van der Waals surface area contributed by atoms with E-state index in [0.717, 1.165) is 36.5 Å². The number of carbonyl (C=O) groups is 1. The van der Waals surface area contributed by atoms with E-state index >= 15 is 0 Å². The smallest absolute Gasteiger partial charge is 0.343 e. The fourth-order valence-corrected chi connectivity index (χ4v) is 4.34. The monoisotopic (exact) mass is 382 g/mol.